The summed E-state index contributed by atoms with van der Waals surface area (Å²) in [7, 11) is -4.30. The highest BCUT2D eigenvalue weighted by atomic mass is 35.5. The van der Waals surface area contributed by atoms with Crippen molar-refractivity contribution in [1.29, 1.82) is 0 Å². The van der Waals surface area contributed by atoms with Crippen LogP contribution in [0.5, 0.6) is 5.75 Å². The van der Waals surface area contributed by atoms with Crippen LogP contribution in [0.15, 0.2) is 53.4 Å². The zero-order chi connectivity index (χ0) is 20.2. The van der Waals surface area contributed by atoms with Gasteiger partial charge in [0, 0.05) is 5.02 Å². The number of carboxylic acids is 1. The Balaban J connectivity index is 2.17. The van der Waals surface area contributed by atoms with Crippen molar-refractivity contribution in [3.8, 4) is 5.75 Å². The van der Waals surface area contributed by atoms with Crippen LogP contribution in [-0.4, -0.2) is 31.9 Å². The van der Waals surface area contributed by atoms with E-state index in [9.17, 15) is 31.5 Å². The molecule has 2 aromatic rings. The van der Waals surface area contributed by atoms with Gasteiger partial charge in [-0.25, -0.2) is 8.42 Å². The van der Waals surface area contributed by atoms with E-state index in [2.05, 4.69) is 4.74 Å². The van der Waals surface area contributed by atoms with Gasteiger partial charge in [0.1, 0.15) is 11.8 Å². The highest BCUT2D eigenvalue weighted by molar-refractivity contribution is 7.89. The molecule has 0 aromatic heterocycles. The van der Waals surface area contributed by atoms with Crippen LogP contribution in [-0.2, 0) is 21.2 Å². The van der Waals surface area contributed by atoms with Crippen LogP contribution in [0.3, 0.4) is 0 Å². The molecule has 0 heterocycles. The van der Waals surface area contributed by atoms with Crippen LogP contribution >= 0.6 is 11.6 Å². The quantitative estimate of drug-likeness (QED) is 0.713. The molecule has 146 valence electrons. The van der Waals surface area contributed by atoms with Gasteiger partial charge in [-0.05, 0) is 48.4 Å². The lowest BCUT2D eigenvalue weighted by molar-refractivity contribution is -0.274. The summed E-state index contributed by atoms with van der Waals surface area (Å²) in [6.07, 6.45) is -5.09. The van der Waals surface area contributed by atoms with Crippen molar-refractivity contribution < 1.29 is 36.2 Å². The van der Waals surface area contributed by atoms with Crippen LogP contribution in [0.2, 0.25) is 5.02 Å². The van der Waals surface area contributed by atoms with Crippen molar-refractivity contribution in [3.05, 3.63) is 59.1 Å². The number of rotatable bonds is 7. The van der Waals surface area contributed by atoms with Gasteiger partial charge in [-0.2, -0.15) is 4.72 Å². The molecule has 0 saturated heterocycles. The number of alkyl halides is 3. The second kappa shape index (κ2) is 8.15. The Morgan fingerprint density at radius 2 is 1.81 bits per heavy atom. The minimum Gasteiger partial charge on any atom is -0.480 e. The molecule has 0 saturated carbocycles. The summed E-state index contributed by atoms with van der Waals surface area (Å²) < 4.78 is 66.8. The Morgan fingerprint density at radius 1 is 1.19 bits per heavy atom. The van der Waals surface area contributed by atoms with E-state index in [1.54, 1.807) is 18.2 Å². The number of ether oxygens (including phenoxy) is 1. The van der Waals surface area contributed by atoms with E-state index in [4.69, 9.17) is 11.6 Å². The average molecular weight is 424 g/mol. The van der Waals surface area contributed by atoms with Gasteiger partial charge in [-0.3, -0.25) is 4.79 Å². The summed E-state index contributed by atoms with van der Waals surface area (Å²) in [5, 5.41) is 9.64. The van der Waals surface area contributed by atoms with Gasteiger partial charge in [0.15, 0.2) is 0 Å². The number of carbonyl (C=O) groups is 1. The molecule has 2 N–H and O–H groups in total. The van der Waals surface area contributed by atoms with Gasteiger partial charge in [0.25, 0.3) is 0 Å². The molecule has 0 amide bonds. The molecule has 0 bridgehead atoms. The Kier molecular flexibility index (Phi) is 6.34. The average Bonchev–Trinajstić information content (AvgIpc) is 2.53. The number of nitrogens with one attached hydrogen (secondary N) is 1. The summed E-state index contributed by atoms with van der Waals surface area (Å²) in [6, 6.07) is 8.13. The summed E-state index contributed by atoms with van der Waals surface area (Å²) in [6.45, 7) is 0. The molecule has 0 aliphatic carbocycles. The minimum atomic E-state index is -4.91. The molecule has 0 fully saturated rings. The first-order valence-electron chi connectivity index (χ1n) is 7.32. The molecule has 1 atom stereocenters. The summed E-state index contributed by atoms with van der Waals surface area (Å²) in [4.78, 5) is 11.0. The summed E-state index contributed by atoms with van der Waals surface area (Å²) in [5.41, 5.74) is 0.492. The third kappa shape index (κ3) is 6.42. The first-order chi connectivity index (χ1) is 12.5. The zero-order valence-electron chi connectivity index (χ0n) is 13.4. The summed E-state index contributed by atoms with van der Waals surface area (Å²) in [5.74, 6) is -2.02. The van der Waals surface area contributed by atoms with Gasteiger partial charge < -0.3 is 9.84 Å². The fourth-order valence-electron chi connectivity index (χ4n) is 2.15. The Hall–Kier alpha value is -2.30. The van der Waals surface area contributed by atoms with Crippen LogP contribution in [0.25, 0.3) is 0 Å². The lowest BCUT2D eigenvalue weighted by Crippen LogP contribution is -2.42. The second-order valence-corrected chi connectivity index (χ2v) is 7.52. The fourth-order valence-corrected chi connectivity index (χ4v) is 3.56. The maximum atomic E-state index is 12.3. The zero-order valence-corrected chi connectivity index (χ0v) is 15.0. The van der Waals surface area contributed by atoms with Gasteiger partial charge in [0.05, 0.1) is 4.90 Å². The van der Waals surface area contributed by atoms with Crippen molar-refractivity contribution >= 4 is 27.6 Å². The number of benzene rings is 2. The van der Waals surface area contributed by atoms with E-state index in [1.807, 2.05) is 4.72 Å². The predicted octanol–water partition coefficient (Wildman–Crippen LogP) is 3.21. The molecule has 2 aromatic carbocycles. The molecule has 0 radical (unpaired) electrons. The lowest BCUT2D eigenvalue weighted by Gasteiger charge is -2.15. The van der Waals surface area contributed by atoms with E-state index in [-0.39, 0.29) is 6.42 Å². The van der Waals surface area contributed by atoms with Crippen molar-refractivity contribution in [3.63, 3.8) is 0 Å². The Labute approximate surface area is 157 Å². The monoisotopic (exact) mass is 423 g/mol. The first kappa shape index (κ1) is 21.0. The standard InChI is InChI=1S/C16H13ClF3NO5S/c17-11-3-1-2-10(8-11)9-14(15(22)23)21-27(24,25)13-6-4-12(5-7-13)26-16(18,19)20/h1-8,14,21H,9H2,(H,22,23)/t14-/m1/s1. The van der Waals surface area contributed by atoms with E-state index in [1.165, 1.54) is 6.07 Å². The van der Waals surface area contributed by atoms with E-state index in [0.717, 1.165) is 24.3 Å². The highest BCUT2D eigenvalue weighted by Gasteiger charge is 2.31. The van der Waals surface area contributed by atoms with Gasteiger partial charge >= 0.3 is 12.3 Å². The number of aliphatic carboxylic acids is 1. The van der Waals surface area contributed by atoms with Gasteiger partial charge in [-0.15, -0.1) is 13.2 Å². The van der Waals surface area contributed by atoms with Gasteiger partial charge in [0.2, 0.25) is 10.0 Å². The third-order valence-corrected chi connectivity index (χ3v) is 5.01. The maximum Gasteiger partial charge on any atom is 0.573 e. The molecule has 27 heavy (non-hydrogen) atoms. The van der Waals surface area contributed by atoms with Crippen molar-refractivity contribution in [1.82, 2.24) is 4.72 Å². The van der Waals surface area contributed by atoms with Crippen LogP contribution in [0.1, 0.15) is 5.56 Å². The maximum absolute atomic E-state index is 12.3. The predicted molar refractivity (Wildman–Crippen MR) is 90.0 cm³/mol. The number of sulfonamides is 1. The molecule has 0 unspecified atom stereocenters. The minimum absolute atomic E-state index is 0.176. The number of carboxylic acid groups (broad SMARTS) is 1. The Morgan fingerprint density at radius 3 is 2.33 bits per heavy atom. The molecule has 0 spiro atoms. The van der Waals surface area contributed by atoms with Crippen molar-refractivity contribution in [2.45, 2.75) is 23.7 Å². The van der Waals surface area contributed by atoms with E-state index < -0.39 is 39.0 Å². The molecular weight excluding hydrogens is 411 g/mol. The van der Waals surface area contributed by atoms with E-state index in [0.29, 0.717) is 10.6 Å². The second-order valence-electron chi connectivity index (χ2n) is 5.37. The lowest BCUT2D eigenvalue weighted by atomic mass is 10.1. The Bertz CT molecular complexity index is 916. The molecular formula is C16H13ClF3NO5S. The third-order valence-electron chi connectivity index (χ3n) is 3.29. The first-order valence-corrected chi connectivity index (χ1v) is 9.18. The smallest absolute Gasteiger partial charge is 0.480 e. The SMILES string of the molecule is O=C(O)[C@@H](Cc1cccc(Cl)c1)NS(=O)(=O)c1ccc(OC(F)(F)F)cc1. The number of halogens is 4. The molecule has 11 heteroatoms. The molecule has 0 aliphatic heterocycles. The summed E-state index contributed by atoms with van der Waals surface area (Å²) >= 11 is 5.82. The van der Waals surface area contributed by atoms with Crippen molar-refractivity contribution in [2.75, 3.05) is 0 Å². The molecule has 0 aliphatic rings. The van der Waals surface area contributed by atoms with Crippen LogP contribution in [0, 0.1) is 0 Å². The van der Waals surface area contributed by atoms with E-state index >= 15 is 0 Å². The highest BCUT2D eigenvalue weighted by Crippen LogP contribution is 2.24. The number of hydrogen-bond donors (Lipinski definition) is 2. The molecule has 2 rings (SSSR count). The van der Waals surface area contributed by atoms with Crippen LogP contribution in [0.4, 0.5) is 13.2 Å². The van der Waals surface area contributed by atoms with Crippen LogP contribution < -0.4 is 9.46 Å². The van der Waals surface area contributed by atoms with Crippen molar-refractivity contribution in [2.24, 2.45) is 0 Å². The molecule has 6 nitrogen and oxygen atoms in total. The number of hydrogen-bond acceptors (Lipinski definition) is 4. The normalized spacial score (nSPS) is 13.2. The fraction of sp³-hybridized carbons (Fsp3) is 0.188. The topological polar surface area (TPSA) is 92.7 Å². The largest absolute Gasteiger partial charge is 0.573 e. The van der Waals surface area contributed by atoms with Gasteiger partial charge in [-0.1, -0.05) is 23.7 Å².